The first-order chi connectivity index (χ1) is 7.50. The van der Waals surface area contributed by atoms with Gasteiger partial charge in [0.25, 0.3) is 0 Å². The predicted molar refractivity (Wildman–Crippen MR) is 57.1 cm³/mol. The van der Waals surface area contributed by atoms with Gasteiger partial charge in [-0.25, -0.2) is 4.79 Å². The molecule has 1 aliphatic heterocycles. The highest BCUT2D eigenvalue weighted by Gasteiger charge is 2.28. The first-order valence-corrected chi connectivity index (χ1v) is 5.47. The van der Waals surface area contributed by atoms with E-state index in [1.54, 1.807) is 6.92 Å². The smallest absolute Gasteiger partial charge is 0.405 e. The van der Waals surface area contributed by atoms with Gasteiger partial charge in [0.1, 0.15) is 6.04 Å². The Hall–Kier alpha value is -1.30. The molecule has 6 nitrogen and oxygen atoms in total. The van der Waals surface area contributed by atoms with Gasteiger partial charge in [-0.15, -0.1) is 0 Å². The third-order valence-corrected chi connectivity index (χ3v) is 2.56. The Labute approximate surface area is 94.2 Å². The second kappa shape index (κ2) is 5.69. The SMILES string of the molecule is CC(O)CN1CCCC[C@H](NC(=O)O)C1=O. The summed E-state index contributed by atoms with van der Waals surface area (Å²) in [5, 5.41) is 20.1. The summed E-state index contributed by atoms with van der Waals surface area (Å²) in [7, 11) is 0. The number of aliphatic hydroxyl groups is 1. The fourth-order valence-electron chi connectivity index (χ4n) is 1.89. The summed E-state index contributed by atoms with van der Waals surface area (Å²) in [6.45, 7) is 2.45. The highest BCUT2D eigenvalue weighted by molar-refractivity contribution is 5.85. The number of amides is 2. The number of nitrogens with one attached hydrogen (secondary N) is 1. The van der Waals surface area contributed by atoms with Crippen molar-refractivity contribution in [3.05, 3.63) is 0 Å². The number of nitrogens with zero attached hydrogens (tertiary/aromatic N) is 1. The molecule has 0 bridgehead atoms. The van der Waals surface area contributed by atoms with E-state index in [0.717, 1.165) is 12.8 Å². The Morgan fingerprint density at radius 1 is 1.62 bits per heavy atom. The molecular formula is C10H18N2O4. The van der Waals surface area contributed by atoms with Gasteiger partial charge in [0.15, 0.2) is 0 Å². The molecule has 0 aromatic carbocycles. The monoisotopic (exact) mass is 230 g/mol. The van der Waals surface area contributed by atoms with Crippen LogP contribution in [0.4, 0.5) is 4.79 Å². The number of carboxylic acid groups (broad SMARTS) is 1. The van der Waals surface area contributed by atoms with Crippen molar-refractivity contribution in [1.29, 1.82) is 0 Å². The van der Waals surface area contributed by atoms with E-state index in [4.69, 9.17) is 5.11 Å². The van der Waals surface area contributed by atoms with Crippen LogP contribution in [-0.2, 0) is 4.79 Å². The van der Waals surface area contributed by atoms with Crippen molar-refractivity contribution in [2.75, 3.05) is 13.1 Å². The maximum atomic E-state index is 11.9. The standard InChI is InChI=1S/C10H18N2O4/c1-7(13)6-12-5-3-2-4-8(9(12)14)11-10(15)16/h7-8,11,13H,2-6H2,1H3,(H,15,16)/t7?,8-/m0/s1. The number of carbonyl (C=O) groups excluding carboxylic acids is 1. The molecule has 1 fully saturated rings. The molecule has 92 valence electrons. The van der Waals surface area contributed by atoms with Gasteiger partial charge in [0.05, 0.1) is 6.10 Å². The van der Waals surface area contributed by atoms with E-state index in [1.165, 1.54) is 4.90 Å². The lowest BCUT2D eigenvalue weighted by atomic mass is 10.1. The Balaban J connectivity index is 2.64. The van der Waals surface area contributed by atoms with Crippen molar-refractivity contribution in [2.24, 2.45) is 0 Å². The third kappa shape index (κ3) is 3.69. The van der Waals surface area contributed by atoms with E-state index in [9.17, 15) is 14.7 Å². The molecule has 1 rings (SSSR count). The maximum absolute atomic E-state index is 11.9. The normalized spacial score (nSPS) is 23.8. The van der Waals surface area contributed by atoms with Crippen molar-refractivity contribution in [1.82, 2.24) is 10.2 Å². The van der Waals surface area contributed by atoms with Crippen LogP contribution in [0.2, 0.25) is 0 Å². The van der Waals surface area contributed by atoms with Crippen molar-refractivity contribution in [2.45, 2.75) is 38.3 Å². The second-order valence-corrected chi connectivity index (χ2v) is 4.13. The first kappa shape index (κ1) is 12.8. The molecule has 1 aliphatic rings. The molecule has 1 heterocycles. The van der Waals surface area contributed by atoms with Crippen molar-refractivity contribution >= 4 is 12.0 Å². The molecule has 0 aliphatic carbocycles. The Morgan fingerprint density at radius 3 is 2.88 bits per heavy atom. The van der Waals surface area contributed by atoms with Crippen LogP contribution < -0.4 is 5.32 Å². The number of likely N-dealkylation sites (tertiary alicyclic amines) is 1. The molecule has 2 amide bonds. The molecule has 0 aromatic heterocycles. The fraction of sp³-hybridized carbons (Fsp3) is 0.800. The van der Waals surface area contributed by atoms with Gasteiger partial charge < -0.3 is 20.4 Å². The molecule has 3 N–H and O–H groups in total. The fourth-order valence-corrected chi connectivity index (χ4v) is 1.89. The molecular weight excluding hydrogens is 212 g/mol. The Bertz CT molecular complexity index is 268. The van der Waals surface area contributed by atoms with Crippen LogP contribution in [0.15, 0.2) is 0 Å². The largest absolute Gasteiger partial charge is 0.465 e. The molecule has 0 aromatic rings. The lowest BCUT2D eigenvalue weighted by Gasteiger charge is -2.25. The number of rotatable bonds is 3. The van der Waals surface area contributed by atoms with Crippen molar-refractivity contribution in [3.8, 4) is 0 Å². The van der Waals surface area contributed by atoms with E-state index in [1.807, 2.05) is 0 Å². The van der Waals surface area contributed by atoms with Gasteiger partial charge >= 0.3 is 6.09 Å². The van der Waals surface area contributed by atoms with Crippen LogP contribution in [0, 0.1) is 0 Å². The number of β-amino-alcohol motifs (C(OH)–C–C–N with tert-alkyl or cyclic N) is 1. The van der Waals surface area contributed by atoms with Crippen LogP contribution in [-0.4, -0.2) is 52.3 Å². The molecule has 16 heavy (non-hydrogen) atoms. The molecule has 0 saturated carbocycles. The first-order valence-electron chi connectivity index (χ1n) is 5.47. The summed E-state index contributed by atoms with van der Waals surface area (Å²) < 4.78 is 0. The zero-order valence-corrected chi connectivity index (χ0v) is 9.35. The van der Waals surface area contributed by atoms with E-state index < -0.39 is 18.2 Å². The van der Waals surface area contributed by atoms with Gasteiger partial charge in [0, 0.05) is 13.1 Å². The van der Waals surface area contributed by atoms with Gasteiger partial charge in [-0.05, 0) is 26.2 Å². The number of hydrogen-bond acceptors (Lipinski definition) is 3. The minimum atomic E-state index is -1.18. The molecule has 6 heteroatoms. The molecule has 2 atom stereocenters. The van der Waals surface area contributed by atoms with Crippen molar-refractivity contribution < 1.29 is 19.8 Å². The van der Waals surface area contributed by atoms with Gasteiger partial charge in [0.2, 0.25) is 5.91 Å². The topological polar surface area (TPSA) is 89.9 Å². The zero-order valence-electron chi connectivity index (χ0n) is 9.35. The Morgan fingerprint density at radius 2 is 2.31 bits per heavy atom. The number of hydrogen-bond donors (Lipinski definition) is 3. The van der Waals surface area contributed by atoms with Crippen LogP contribution in [0.25, 0.3) is 0 Å². The van der Waals surface area contributed by atoms with Crippen LogP contribution in [0.1, 0.15) is 26.2 Å². The van der Waals surface area contributed by atoms with Crippen LogP contribution in [0.3, 0.4) is 0 Å². The number of aliphatic hydroxyl groups excluding tert-OH is 1. The predicted octanol–water partition coefficient (Wildman–Crippen LogP) is 0.0159. The highest BCUT2D eigenvalue weighted by Crippen LogP contribution is 2.12. The third-order valence-electron chi connectivity index (χ3n) is 2.56. The van der Waals surface area contributed by atoms with Gasteiger partial charge in [-0.3, -0.25) is 4.79 Å². The summed E-state index contributed by atoms with van der Waals surface area (Å²) in [4.78, 5) is 24.0. The van der Waals surface area contributed by atoms with Crippen LogP contribution >= 0.6 is 0 Å². The van der Waals surface area contributed by atoms with E-state index in [-0.39, 0.29) is 12.5 Å². The molecule has 1 unspecified atom stereocenters. The van der Waals surface area contributed by atoms with E-state index in [0.29, 0.717) is 13.0 Å². The highest BCUT2D eigenvalue weighted by atomic mass is 16.4. The summed E-state index contributed by atoms with van der Waals surface area (Å²) in [6, 6.07) is -0.668. The summed E-state index contributed by atoms with van der Waals surface area (Å²) in [5.41, 5.74) is 0. The average molecular weight is 230 g/mol. The van der Waals surface area contributed by atoms with Crippen molar-refractivity contribution in [3.63, 3.8) is 0 Å². The Kier molecular flexibility index (Phi) is 4.54. The molecule has 1 saturated heterocycles. The van der Waals surface area contributed by atoms with E-state index >= 15 is 0 Å². The van der Waals surface area contributed by atoms with Gasteiger partial charge in [-0.2, -0.15) is 0 Å². The molecule has 0 radical (unpaired) electrons. The summed E-state index contributed by atoms with van der Waals surface area (Å²) in [5.74, 6) is -0.235. The second-order valence-electron chi connectivity index (χ2n) is 4.13. The minimum absolute atomic E-state index is 0.235. The molecule has 0 spiro atoms. The minimum Gasteiger partial charge on any atom is -0.465 e. The average Bonchev–Trinajstić information content (AvgIpc) is 2.31. The summed E-state index contributed by atoms with van der Waals surface area (Å²) >= 11 is 0. The van der Waals surface area contributed by atoms with Gasteiger partial charge in [-0.1, -0.05) is 0 Å². The quantitative estimate of drug-likeness (QED) is 0.637. The summed E-state index contributed by atoms with van der Waals surface area (Å²) in [6.07, 6.45) is 0.412. The maximum Gasteiger partial charge on any atom is 0.405 e. The van der Waals surface area contributed by atoms with E-state index in [2.05, 4.69) is 5.32 Å². The zero-order chi connectivity index (χ0) is 12.1. The van der Waals surface area contributed by atoms with Crippen LogP contribution in [0.5, 0.6) is 0 Å². The lowest BCUT2D eigenvalue weighted by molar-refractivity contribution is -0.134. The lowest BCUT2D eigenvalue weighted by Crippen LogP contribution is -2.48. The number of carbonyl (C=O) groups is 2.